The van der Waals surface area contributed by atoms with E-state index in [1.54, 1.807) is 0 Å². The van der Waals surface area contributed by atoms with Gasteiger partial charge in [0.1, 0.15) is 0 Å². The molecule has 6 rings (SSSR count). The number of aliphatic hydroxyl groups is 1. The van der Waals surface area contributed by atoms with Crippen molar-refractivity contribution in [2.75, 3.05) is 0 Å². The molecule has 4 heteroatoms. The van der Waals surface area contributed by atoms with E-state index in [1.807, 2.05) is 0 Å². The number of fused-ring (bicyclic) bond motifs is 7. The van der Waals surface area contributed by atoms with Crippen molar-refractivity contribution >= 4 is 5.91 Å². The van der Waals surface area contributed by atoms with E-state index in [4.69, 9.17) is 5.73 Å². The number of hydrogen-bond acceptors (Lipinski definition) is 3. The molecular weight excluding hydrogens is 492 g/mol. The van der Waals surface area contributed by atoms with Crippen LogP contribution in [0.25, 0.3) is 0 Å². The van der Waals surface area contributed by atoms with Gasteiger partial charge in [-0.15, -0.1) is 0 Å². The Bertz CT molecular complexity index is 1120. The van der Waals surface area contributed by atoms with Crippen molar-refractivity contribution in [3.05, 3.63) is 35.4 Å². The minimum atomic E-state index is -0.186. The third-order valence-electron chi connectivity index (χ3n) is 14.4. The van der Waals surface area contributed by atoms with Crippen molar-refractivity contribution in [2.45, 2.75) is 124 Å². The highest BCUT2D eigenvalue weighted by Gasteiger charge is 2.68. The van der Waals surface area contributed by atoms with Crippen LogP contribution in [0.5, 0.6) is 0 Å². The summed E-state index contributed by atoms with van der Waals surface area (Å²) in [5.41, 5.74) is 8.66. The van der Waals surface area contributed by atoms with Crippen molar-refractivity contribution in [3.63, 3.8) is 0 Å². The van der Waals surface area contributed by atoms with Gasteiger partial charge in [-0.2, -0.15) is 0 Å². The highest BCUT2D eigenvalue weighted by atomic mass is 16.3. The van der Waals surface area contributed by atoms with Crippen molar-refractivity contribution in [3.8, 4) is 0 Å². The third kappa shape index (κ3) is 4.08. The van der Waals surface area contributed by atoms with Crippen LogP contribution in [-0.4, -0.2) is 17.1 Å². The lowest BCUT2D eigenvalue weighted by Crippen LogP contribution is -2.64. The molecule has 5 fully saturated rings. The average Bonchev–Trinajstić information content (AvgIpc) is 3.34. The zero-order valence-corrected chi connectivity index (χ0v) is 26.0. The normalized spacial score (nSPS) is 45.5. The fourth-order valence-corrected chi connectivity index (χ4v) is 12.5. The number of amides is 1. The van der Waals surface area contributed by atoms with Gasteiger partial charge in [0.25, 0.3) is 0 Å². The SMILES string of the molecule is CCC1CCC2(C(=O)NCc3cccc(CN)c3)CCC3C(CCC4C3(C)CCC3C(C)(C)C(O)CCC34C)C12. The maximum Gasteiger partial charge on any atom is 0.226 e. The van der Waals surface area contributed by atoms with Crippen LogP contribution in [0.1, 0.15) is 116 Å². The van der Waals surface area contributed by atoms with Crippen LogP contribution < -0.4 is 11.1 Å². The van der Waals surface area contributed by atoms with Crippen LogP contribution in [0.4, 0.5) is 0 Å². The van der Waals surface area contributed by atoms with E-state index in [9.17, 15) is 9.90 Å². The maximum absolute atomic E-state index is 14.2. The summed E-state index contributed by atoms with van der Waals surface area (Å²) in [5, 5.41) is 14.4. The summed E-state index contributed by atoms with van der Waals surface area (Å²) in [6.07, 6.45) is 12.9. The van der Waals surface area contributed by atoms with Gasteiger partial charge in [0.05, 0.1) is 11.5 Å². The second-order valence-corrected chi connectivity index (χ2v) is 16.0. The molecule has 0 radical (unpaired) electrons. The Kier molecular flexibility index (Phi) is 7.26. The summed E-state index contributed by atoms with van der Waals surface area (Å²) in [5.74, 6) is 4.30. The summed E-state index contributed by atoms with van der Waals surface area (Å²) < 4.78 is 0. The molecule has 40 heavy (non-hydrogen) atoms. The van der Waals surface area contributed by atoms with Crippen LogP contribution >= 0.6 is 0 Å². The van der Waals surface area contributed by atoms with E-state index in [-0.39, 0.29) is 16.9 Å². The molecule has 10 atom stereocenters. The number of carbonyl (C=O) groups excluding carboxylic acids is 1. The molecule has 0 heterocycles. The van der Waals surface area contributed by atoms with Crippen molar-refractivity contribution in [2.24, 2.45) is 62.9 Å². The molecule has 1 aromatic rings. The average molecular weight is 549 g/mol. The van der Waals surface area contributed by atoms with Gasteiger partial charge in [-0.1, -0.05) is 65.3 Å². The summed E-state index contributed by atoms with van der Waals surface area (Å²) in [6.45, 7) is 13.5. The van der Waals surface area contributed by atoms with Gasteiger partial charge >= 0.3 is 0 Å². The van der Waals surface area contributed by atoms with Crippen LogP contribution in [0.3, 0.4) is 0 Å². The smallest absolute Gasteiger partial charge is 0.226 e. The number of hydrogen-bond donors (Lipinski definition) is 3. The van der Waals surface area contributed by atoms with E-state index in [0.29, 0.717) is 53.5 Å². The van der Waals surface area contributed by atoms with Gasteiger partial charge in [0.15, 0.2) is 0 Å². The summed E-state index contributed by atoms with van der Waals surface area (Å²) in [6, 6.07) is 8.37. The molecule has 4 N–H and O–H groups in total. The summed E-state index contributed by atoms with van der Waals surface area (Å²) in [7, 11) is 0. The van der Waals surface area contributed by atoms with Gasteiger partial charge in [0.2, 0.25) is 5.91 Å². The molecule has 0 aromatic heterocycles. The molecule has 0 saturated heterocycles. The molecule has 1 amide bonds. The first-order valence-electron chi connectivity index (χ1n) is 16.8. The Hall–Kier alpha value is -1.39. The Morgan fingerprint density at radius 2 is 1.65 bits per heavy atom. The summed E-state index contributed by atoms with van der Waals surface area (Å²) >= 11 is 0. The van der Waals surface area contributed by atoms with Crippen LogP contribution in [0.2, 0.25) is 0 Å². The fourth-order valence-electron chi connectivity index (χ4n) is 12.5. The maximum atomic E-state index is 14.2. The van der Waals surface area contributed by atoms with Crippen molar-refractivity contribution in [1.29, 1.82) is 0 Å². The third-order valence-corrected chi connectivity index (χ3v) is 14.4. The Balaban J connectivity index is 1.26. The number of carbonyl (C=O) groups is 1. The minimum Gasteiger partial charge on any atom is -0.393 e. The second-order valence-electron chi connectivity index (χ2n) is 16.0. The second kappa shape index (κ2) is 10.1. The molecule has 0 spiro atoms. The first kappa shape index (κ1) is 28.7. The highest BCUT2D eigenvalue weighted by Crippen LogP contribution is 2.73. The molecule has 4 nitrogen and oxygen atoms in total. The van der Waals surface area contributed by atoms with E-state index in [1.165, 1.54) is 51.4 Å². The molecule has 1 aromatic carbocycles. The van der Waals surface area contributed by atoms with Gasteiger partial charge in [-0.25, -0.2) is 0 Å². The molecule has 222 valence electrons. The van der Waals surface area contributed by atoms with Crippen LogP contribution in [-0.2, 0) is 17.9 Å². The molecule has 10 unspecified atom stereocenters. The topological polar surface area (TPSA) is 75.4 Å². The Morgan fingerprint density at radius 1 is 0.925 bits per heavy atom. The summed E-state index contributed by atoms with van der Waals surface area (Å²) in [4.78, 5) is 14.2. The van der Waals surface area contributed by atoms with E-state index in [0.717, 1.165) is 42.2 Å². The number of aliphatic hydroxyl groups excluding tert-OH is 1. The number of benzene rings is 1. The van der Waals surface area contributed by atoms with Gasteiger partial charge in [-0.05, 0) is 127 Å². The quantitative estimate of drug-likeness (QED) is 0.363. The Morgan fingerprint density at radius 3 is 2.40 bits per heavy atom. The van der Waals surface area contributed by atoms with Crippen molar-refractivity contribution in [1.82, 2.24) is 5.32 Å². The lowest BCUT2D eigenvalue weighted by molar-refractivity contribution is -0.216. The predicted octanol–water partition coefficient (Wildman–Crippen LogP) is 7.22. The molecule has 0 aliphatic heterocycles. The Labute approximate surface area is 243 Å². The molecule has 5 saturated carbocycles. The van der Waals surface area contributed by atoms with Gasteiger partial charge in [-0.3, -0.25) is 4.79 Å². The van der Waals surface area contributed by atoms with Gasteiger partial charge in [0, 0.05) is 13.1 Å². The lowest BCUT2D eigenvalue weighted by atomic mass is 9.36. The zero-order chi connectivity index (χ0) is 28.5. The lowest BCUT2D eigenvalue weighted by Gasteiger charge is -2.69. The highest BCUT2D eigenvalue weighted by molar-refractivity contribution is 5.83. The number of nitrogens with one attached hydrogen (secondary N) is 1. The minimum absolute atomic E-state index is 0.00736. The number of rotatable bonds is 5. The van der Waals surface area contributed by atoms with Crippen LogP contribution in [0, 0.1) is 57.2 Å². The zero-order valence-electron chi connectivity index (χ0n) is 26.0. The fraction of sp³-hybridized carbons (Fsp3) is 0.806. The largest absolute Gasteiger partial charge is 0.393 e. The monoisotopic (exact) mass is 548 g/mol. The molecule has 0 bridgehead atoms. The van der Waals surface area contributed by atoms with E-state index < -0.39 is 0 Å². The molecule has 5 aliphatic rings. The number of nitrogens with two attached hydrogens (primary N) is 1. The van der Waals surface area contributed by atoms with E-state index in [2.05, 4.69) is 64.2 Å². The van der Waals surface area contributed by atoms with E-state index >= 15 is 0 Å². The van der Waals surface area contributed by atoms with Crippen LogP contribution in [0.15, 0.2) is 24.3 Å². The first-order chi connectivity index (χ1) is 19.0. The molecule has 5 aliphatic carbocycles. The predicted molar refractivity (Wildman–Crippen MR) is 162 cm³/mol. The molecular formula is C36H56N2O2. The van der Waals surface area contributed by atoms with Gasteiger partial charge < -0.3 is 16.2 Å². The standard InChI is InChI=1S/C36H56N2O2/c1-6-25-12-18-36(32(40)38-22-24-9-7-8-23(20-24)21-37)19-13-27-26(31(25)36)10-11-29-34(27,4)16-14-28-33(2,3)30(39)15-17-35(28,29)5/h7-9,20,25-31,39H,6,10-19,21-22,37H2,1-5H3,(H,38,40). The first-order valence-corrected chi connectivity index (χ1v) is 16.8. The van der Waals surface area contributed by atoms with Crippen molar-refractivity contribution < 1.29 is 9.90 Å².